The van der Waals surface area contributed by atoms with Crippen LogP contribution in [0.1, 0.15) is 27.3 Å². The van der Waals surface area contributed by atoms with Crippen LogP contribution < -0.4 is 5.32 Å². The summed E-state index contributed by atoms with van der Waals surface area (Å²) in [4.78, 5) is 11.9. The molecule has 23 heavy (non-hydrogen) atoms. The molecule has 1 N–H and O–H groups in total. The summed E-state index contributed by atoms with van der Waals surface area (Å²) in [5.74, 6) is 4.88. The first-order valence-electron chi connectivity index (χ1n) is 6.72. The Hall–Kier alpha value is -2.75. The number of rotatable bonds is 2. The van der Waals surface area contributed by atoms with Gasteiger partial charge in [0, 0.05) is 12.6 Å². The summed E-state index contributed by atoms with van der Waals surface area (Å²) in [6.07, 6.45) is -4.40. The molecule has 1 aromatic carbocycles. The molecule has 4 nitrogen and oxygen atoms in total. The molecule has 120 valence electrons. The van der Waals surface area contributed by atoms with Crippen molar-refractivity contribution in [2.24, 2.45) is 7.05 Å². The lowest BCUT2D eigenvalue weighted by molar-refractivity contribution is -0.137. The van der Waals surface area contributed by atoms with Crippen molar-refractivity contribution in [1.29, 1.82) is 0 Å². The van der Waals surface area contributed by atoms with Gasteiger partial charge in [-0.1, -0.05) is 17.9 Å². The van der Waals surface area contributed by atoms with E-state index in [4.69, 9.17) is 0 Å². The quantitative estimate of drug-likeness (QED) is 0.864. The Labute approximate surface area is 131 Å². The van der Waals surface area contributed by atoms with Gasteiger partial charge in [0.1, 0.15) is 5.69 Å². The van der Waals surface area contributed by atoms with E-state index < -0.39 is 11.7 Å². The Kier molecular flexibility index (Phi) is 4.74. The SMILES string of the molecule is Cc1cc(C(=O)NCC#Cc2cccc(C(F)(F)F)c2)n(C)n1. The number of aryl methyl sites for hydroxylation is 2. The van der Waals surface area contributed by atoms with Crippen molar-refractivity contribution in [2.75, 3.05) is 6.54 Å². The lowest BCUT2D eigenvalue weighted by Crippen LogP contribution is -2.25. The average molecular weight is 321 g/mol. The normalized spacial score (nSPS) is 10.8. The van der Waals surface area contributed by atoms with Gasteiger partial charge in [-0.2, -0.15) is 18.3 Å². The first-order chi connectivity index (χ1) is 10.8. The first-order valence-corrected chi connectivity index (χ1v) is 6.72. The molecular weight excluding hydrogens is 307 g/mol. The van der Waals surface area contributed by atoms with Crippen LogP contribution in [-0.4, -0.2) is 22.2 Å². The summed E-state index contributed by atoms with van der Waals surface area (Å²) in [6, 6.07) is 6.37. The molecule has 0 saturated carbocycles. The second-order valence-electron chi connectivity index (χ2n) is 4.86. The van der Waals surface area contributed by atoms with Gasteiger partial charge in [0.2, 0.25) is 0 Å². The van der Waals surface area contributed by atoms with E-state index in [1.807, 2.05) is 0 Å². The van der Waals surface area contributed by atoms with Crippen LogP contribution in [0.15, 0.2) is 30.3 Å². The molecule has 0 spiro atoms. The predicted molar refractivity (Wildman–Crippen MR) is 78.6 cm³/mol. The van der Waals surface area contributed by atoms with E-state index in [2.05, 4.69) is 22.3 Å². The Bertz CT molecular complexity index is 782. The monoisotopic (exact) mass is 321 g/mol. The number of benzene rings is 1. The summed E-state index contributed by atoms with van der Waals surface area (Å²) >= 11 is 0. The van der Waals surface area contributed by atoms with Gasteiger partial charge in [0.05, 0.1) is 17.8 Å². The molecule has 0 unspecified atom stereocenters. The summed E-state index contributed by atoms with van der Waals surface area (Å²) < 4.78 is 39.2. The average Bonchev–Trinajstić information content (AvgIpc) is 2.82. The van der Waals surface area contributed by atoms with E-state index >= 15 is 0 Å². The van der Waals surface area contributed by atoms with Gasteiger partial charge in [-0.25, -0.2) is 0 Å². The van der Waals surface area contributed by atoms with Crippen molar-refractivity contribution in [2.45, 2.75) is 13.1 Å². The van der Waals surface area contributed by atoms with Crippen molar-refractivity contribution in [3.05, 3.63) is 52.8 Å². The first kappa shape index (κ1) is 16.6. The fourth-order valence-corrected chi connectivity index (χ4v) is 1.96. The molecule has 0 fully saturated rings. The third kappa shape index (κ3) is 4.36. The van der Waals surface area contributed by atoms with Gasteiger partial charge >= 0.3 is 6.18 Å². The lowest BCUT2D eigenvalue weighted by atomic mass is 10.1. The van der Waals surface area contributed by atoms with E-state index in [0.29, 0.717) is 11.4 Å². The van der Waals surface area contributed by atoms with Crippen LogP contribution in [0.2, 0.25) is 0 Å². The number of carbonyl (C=O) groups is 1. The lowest BCUT2D eigenvalue weighted by Gasteiger charge is -2.05. The third-order valence-electron chi connectivity index (χ3n) is 2.99. The van der Waals surface area contributed by atoms with Crippen LogP contribution >= 0.6 is 0 Å². The van der Waals surface area contributed by atoms with Gasteiger partial charge in [-0.15, -0.1) is 0 Å². The Morgan fingerprint density at radius 1 is 1.35 bits per heavy atom. The van der Waals surface area contributed by atoms with Gasteiger partial charge < -0.3 is 5.32 Å². The minimum absolute atomic E-state index is 0.0271. The van der Waals surface area contributed by atoms with Crippen LogP contribution in [0.4, 0.5) is 13.2 Å². The summed E-state index contributed by atoms with van der Waals surface area (Å²) in [5, 5.41) is 6.63. The maximum atomic E-state index is 12.6. The molecule has 0 radical (unpaired) electrons. The van der Waals surface area contributed by atoms with Gasteiger partial charge in [0.15, 0.2) is 0 Å². The number of aromatic nitrogens is 2. The molecule has 1 heterocycles. The van der Waals surface area contributed by atoms with Gasteiger partial charge in [-0.3, -0.25) is 9.48 Å². The number of hydrogen-bond donors (Lipinski definition) is 1. The molecule has 0 bridgehead atoms. The van der Waals surface area contributed by atoms with Crippen LogP contribution in [0.5, 0.6) is 0 Å². The highest BCUT2D eigenvalue weighted by molar-refractivity contribution is 5.92. The summed E-state index contributed by atoms with van der Waals surface area (Å²) in [5.41, 5.74) is 0.597. The number of alkyl halides is 3. The molecule has 0 aliphatic carbocycles. The zero-order valence-corrected chi connectivity index (χ0v) is 12.5. The number of hydrogen-bond acceptors (Lipinski definition) is 2. The number of nitrogens with zero attached hydrogens (tertiary/aromatic N) is 2. The summed E-state index contributed by atoms with van der Waals surface area (Å²) in [7, 11) is 1.65. The molecule has 1 aromatic heterocycles. The molecule has 1 amide bonds. The minimum Gasteiger partial charge on any atom is -0.340 e. The largest absolute Gasteiger partial charge is 0.416 e. The highest BCUT2D eigenvalue weighted by Gasteiger charge is 2.30. The smallest absolute Gasteiger partial charge is 0.340 e. The maximum absolute atomic E-state index is 12.6. The van der Waals surface area contributed by atoms with E-state index in [-0.39, 0.29) is 18.0 Å². The molecular formula is C16H14F3N3O. The zero-order chi connectivity index (χ0) is 17.0. The number of amides is 1. The second-order valence-corrected chi connectivity index (χ2v) is 4.86. The summed E-state index contributed by atoms with van der Waals surface area (Å²) in [6.45, 7) is 1.80. The van der Waals surface area contributed by atoms with Crippen molar-refractivity contribution >= 4 is 5.91 Å². The topological polar surface area (TPSA) is 46.9 Å². The predicted octanol–water partition coefficient (Wildman–Crippen LogP) is 2.53. The molecule has 2 aromatic rings. The van der Waals surface area contributed by atoms with Crippen LogP contribution in [0.3, 0.4) is 0 Å². The number of halogens is 3. The second kappa shape index (κ2) is 6.57. The molecule has 0 atom stereocenters. The van der Waals surface area contributed by atoms with Crippen LogP contribution in [-0.2, 0) is 13.2 Å². The Morgan fingerprint density at radius 2 is 2.09 bits per heavy atom. The van der Waals surface area contributed by atoms with Crippen LogP contribution in [0, 0.1) is 18.8 Å². The molecule has 0 aliphatic heterocycles. The fourth-order valence-electron chi connectivity index (χ4n) is 1.96. The molecule has 0 saturated heterocycles. The van der Waals surface area contributed by atoms with Crippen molar-refractivity contribution < 1.29 is 18.0 Å². The van der Waals surface area contributed by atoms with E-state index in [1.54, 1.807) is 20.0 Å². The van der Waals surface area contributed by atoms with E-state index in [0.717, 1.165) is 12.1 Å². The molecule has 7 heteroatoms. The van der Waals surface area contributed by atoms with Crippen molar-refractivity contribution in [3.8, 4) is 11.8 Å². The number of carbonyl (C=O) groups excluding carboxylic acids is 1. The van der Waals surface area contributed by atoms with Crippen molar-refractivity contribution in [1.82, 2.24) is 15.1 Å². The van der Waals surface area contributed by atoms with Gasteiger partial charge in [-0.05, 0) is 31.2 Å². The van der Waals surface area contributed by atoms with Crippen LogP contribution in [0.25, 0.3) is 0 Å². The zero-order valence-electron chi connectivity index (χ0n) is 12.5. The standard InChI is InChI=1S/C16H14F3N3O/c1-11-9-14(22(2)21-11)15(23)20-8-4-6-12-5-3-7-13(10-12)16(17,18)19/h3,5,7,9-10H,8H2,1-2H3,(H,20,23). The molecule has 0 aliphatic rings. The highest BCUT2D eigenvalue weighted by Crippen LogP contribution is 2.29. The Morgan fingerprint density at radius 3 is 2.70 bits per heavy atom. The molecule has 2 rings (SSSR count). The van der Waals surface area contributed by atoms with E-state index in [9.17, 15) is 18.0 Å². The Balaban J connectivity index is 1.99. The van der Waals surface area contributed by atoms with Crippen molar-refractivity contribution in [3.63, 3.8) is 0 Å². The van der Waals surface area contributed by atoms with E-state index in [1.165, 1.54) is 16.8 Å². The maximum Gasteiger partial charge on any atom is 0.416 e. The highest BCUT2D eigenvalue weighted by atomic mass is 19.4. The number of nitrogens with one attached hydrogen (secondary N) is 1. The third-order valence-corrected chi connectivity index (χ3v) is 2.99. The fraction of sp³-hybridized carbons (Fsp3) is 0.250. The van der Waals surface area contributed by atoms with Gasteiger partial charge in [0.25, 0.3) is 5.91 Å². The minimum atomic E-state index is -4.40.